The van der Waals surface area contributed by atoms with Crippen LogP contribution in [-0.4, -0.2) is 105 Å². The van der Waals surface area contributed by atoms with Crippen molar-refractivity contribution in [1.82, 2.24) is 30.1 Å². The number of esters is 1. The molecule has 256 valence electrons. The predicted octanol–water partition coefficient (Wildman–Crippen LogP) is 3.85. The smallest absolute Gasteiger partial charge is 0.410 e. The number of cyclic esters (lactones) is 1. The van der Waals surface area contributed by atoms with Crippen molar-refractivity contribution >= 4 is 35.1 Å². The molecule has 0 saturated carbocycles. The number of carbonyl (C=O) groups is 3. The second kappa shape index (κ2) is 15.4. The lowest BCUT2D eigenvalue weighted by Gasteiger charge is -2.31. The first-order valence-corrected chi connectivity index (χ1v) is 16.7. The minimum Gasteiger partial charge on any atom is -0.457 e. The molecule has 0 radical (unpaired) electrons. The number of aliphatic hydroxyl groups is 1. The van der Waals surface area contributed by atoms with Gasteiger partial charge in [-0.1, -0.05) is 31.2 Å². The third-order valence-corrected chi connectivity index (χ3v) is 9.52. The number of aliphatic hydroxyl groups excluding tert-OH is 1. The number of rotatable bonds is 4. The maximum Gasteiger partial charge on any atom is 0.410 e. The van der Waals surface area contributed by atoms with E-state index in [2.05, 4.69) is 15.6 Å². The van der Waals surface area contributed by atoms with Crippen molar-refractivity contribution in [3.05, 3.63) is 41.2 Å². The third-order valence-electron chi connectivity index (χ3n) is 9.52. The molecule has 2 N–H and O–H groups in total. The SMILES string of the molecule is CC(=O)N1CCC(n2nnc3c(F)cc(/C=C(\C)[C@H]4OC(=O)C[C@H](O)CC[C@H](C)[C@@H](OC(=O)N5CCNCC5)/C=C\[C@@H]4C)cc32)CC1. The number of likely N-dealkylation sites (tertiary alicyclic amines) is 1. The molecular weight excluding hydrogens is 607 g/mol. The zero-order chi connectivity index (χ0) is 33.7. The highest BCUT2D eigenvalue weighted by Crippen LogP contribution is 2.30. The highest BCUT2D eigenvalue weighted by molar-refractivity contribution is 5.79. The Bertz CT molecular complexity index is 1500. The van der Waals surface area contributed by atoms with Crippen LogP contribution in [-0.2, 0) is 19.1 Å². The van der Waals surface area contributed by atoms with Crippen molar-refractivity contribution in [2.75, 3.05) is 39.3 Å². The van der Waals surface area contributed by atoms with Crippen LogP contribution in [0, 0.1) is 17.7 Å². The van der Waals surface area contributed by atoms with Crippen molar-refractivity contribution in [2.24, 2.45) is 11.8 Å². The quantitative estimate of drug-likeness (QED) is 0.372. The normalized spacial score (nSPS) is 27.9. The van der Waals surface area contributed by atoms with Gasteiger partial charge >= 0.3 is 12.1 Å². The lowest BCUT2D eigenvalue weighted by atomic mass is 9.91. The molecule has 0 aliphatic carbocycles. The van der Waals surface area contributed by atoms with Gasteiger partial charge in [-0.2, -0.15) is 0 Å². The first-order chi connectivity index (χ1) is 22.5. The van der Waals surface area contributed by atoms with Crippen molar-refractivity contribution in [3.63, 3.8) is 0 Å². The summed E-state index contributed by atoms with van der Waals surface area (Å²) in [4.78, 5) is 41.2. The van der Waals surface area contributed by atoms with Crippen LogP contribution in [0.25, 0.3) is 17.1 Å². The van der Waals surface area contributed by atoms with Gasteiger partial charge in [0.25, 0.3) is 0 Å². The van der Waals surface area contributed by atoms with Crippen LogP contribution in [0.4, 0.5) is 9.18 Å². The molecular formula is C34H47FN6O6. The number of aromatic nitrogens is 3. The van der Waals surface area contributed by atoms with Gasteiger partial charge in [-0.05, 0) is 67.9 Å². The first-order valence-electron chi connectivity index (χ1n) is 16.7. The largest absolute Gasteiger partial charge is 0.457 e. The van der Waals surface area contributed by atoms with Crippen molar-refractivity contribution in [3.8, 4) is 0 Å². The fraction of sp³-hybridized carbons (Fsp3) is 0.618. The number of fused-ring (bicyclic) bond motifs is 1. The van der Waals surface area contributed by atoms with Crippen molar-refractivity contribution in [1.29, 1.82) is 0 Å². The van der Waals surface area contributed by atoms with Gasteiger partial charge < -0.3 is 29.7 Å². The Kier molecular flexibility index (Phi) is 11.3. The summed E-state index contributed by atoms with van der Waals surface area (Å²) in [6.45, 7) is 11.0. The fourth-order valence-corrected chi connectivity index (χ4v) is 6.63. The van der Waals surface area contributed by atoms with Crippen molar-refractivity contribution < 1.29 is 33.4 Å². The molecule has 5 rings (SSSR count). The number of nitrogens with one attached hydrogen (secondary N) is 1. The molecule has 1 aromatic carbocycles. The van der Waals surface area contributed by atoms with Crippen LogP contribution in [0.15, 0.2) is 29.9 Å². The lowest BCUT2D eigenvalue weighted by molar-refractivity contribution is -0.151. The number of hydrogen-bond acceptors (Lipinski definition) is 9. The van der Waals surface area contributed by atoms with E-state index in [9.17, 15) is 19.5 Å². The van der Waals surface area contributed by atoms with Crippen LogP contribution < -0.4 is 5.32 Å². The van der Waals surface area contributed by atoms with Gasteiger partial charge in [0.2, 0.25) is 5.91 Å². The van der Waals surface area contributed by atoms with Crippen LogP contribution in [0.2, 0.25) is 0 Å². The Hall–Kier alpha value is -3.84. The predicted molar refractivity (Wildman–Crippen MR) is 174 cm³/mol. The summed E-state index contributed by atoms with van der Waals surface area (Å²) in [6, 6.07) is 3.20. The van der Waals surface area contributed by atoms with Gasteiger partial charge in [-0.25, -0.2) is 13.9 Å². The van der Waals surface area contributed by atoms with Gasteiger partial charge in [0.1, 0.15) is 17.7 Å². The zero-order valence-corrected chi connectivity index (χ0v) is 27.7. The number of hydrogen-bond donors (Lipinski definition) is 2. The lowest BCUT2D eigenvalue weighted by Crippen LogP contribution is -2.47. The van der Waals surface area contributed by atoms with Gasteiger partial charge in [-0.15, -0.1) is 5.10 Å². The van der Waals surface area contributed by atoms with E-state index in [1.165, 1.54) is 6.07 Å². The Morgan fingerprint density at radius 1 is 1.04 bits per heavy atom. The summed E-state index contributed by atoms with van der Waals surface area (Å²) in [5.74, 6) is -1.41. The number of nitrogens with zero attached hydrogens (tertiary/aromatic N) is 5. The van der Waals surface area contributed by atoms with E-state index >= 15 is 4.39 Å². The molecule has 3 aliphatic heterocycles. The second-order valence-electron chi connectivity index (χ2n) is 13.2. The topological polar surface area (TPSA) is 139 Å². The molecule has 5 atom stereocenters. The summed E-state index contributed by atoms with van der Waals surface area (Å²) in [5, 5.41) is 22.2. The number of benzene rings is 1. The standard InChI is InChI=1S/C34H47FN6O6/c1-21-5-7-27(43)20-31(44)47-33(22(2)6-8-30(21)46-34(45)40-15-11-36-12-16-40)23(3)17-25-18-28(35)32-29(19-25)41(38-37-32)26-9-13-39(14-10-26)24(4)42/h6,8,17-19,21-22,26-27,30,33,36,43H,5,7,9-16,20H2,1-4H3/b8-6-,23-17+/t21-,22-,27+,30-,33-/m0/s1. The summed E-state index contributed by atoms with van der Waals surface area (Å²) >= 11 is 0. The highest BCUT2D eigenvalue weighted by Gasteiger charge is 2.29. The molecule has 2 amide bonds. The number of piperazine rings is 1. The van der Waals surface area contributed by atoms with Crippen molar-refractivity contribution in [2.45, 2.75) is 84.2 Å². The molecule has 3 aliphatic rings. The molecule has 0 unspecified atom stereocenters. The molecule has 0 bridgehead atoms. The van der Waals surface area contributed by atoms with E-state index in [0.717, 1.165) is 0 Å². The molecule has 0 spiro atoms. The Morgan fingerprint density at radius 2 is 1.77 bits per heavy atom. The summed E-state index contributed by atoms with van der Waals surface area (Å²) in [5.41, 5.74) is 1.97. The number of piperidine rings is 1. The van der Waals surface area contributed by atoms with Gasteiger partial charge in [-0.3, -0.25) is 9.59 Å². The molecule has 47 heavy (non-hydrogen) atoms. The summed E-state index contributed by atoms with van der Waals surface area (Å²) in [6.07, 6.45) is 5.15. The van der Waals surface area contributed by atoms with Crippen LogP contribution >= 0.6 is 0 Å². The van der Waals surface area contributed by atoms with E-state index < -0.39 is 30.1 Å². The van der Waals surface area contributed by atoms with E-state index in [1.54, 1.807) is 27.5 Å². The minimum absolute atomic E-state index is 0.0183. The zero-order valence-electron chi connectivity index (χ0n) is 27.7. The number of halogens is 1. The number of ether oxygens (including phenoxy) is 2. The third kappa shape index (κ3) is 8.55. The van der Waals surface area contributed by atoms with E-state index in [-0.39, 0.29) is 41.8 Å². The van der Waals surface area contributed by atoms with Gasteiger partial charge in [0.15, 0.2) is 5.82 Å². The average Bonchev–Trinajstić information content (AvgIpc) is 3.48. The highest BCUT2D eigenvalue weighted by atomic mass is 19.1. The molecule has 2 saturated heterocycles. The molecule has 4 heterocycles. The Balaban J connectivity index is 1.40. The fourth-order valence-electron chi connectivity index (χ4n) is 6.63. The molecule has 12 nitrogen and oxygen atoms in total. The number of amides is 2. The Labute approximate surface area is 274 Å². The second-order valence-corrected chi connectivity index (χ2v) is 13.2. The molecule has 1 aromatic heterocycles. The van der Waals surface area contributed by atoms with Crippen LogP contribution in [0.5, 0.6) is 0 Å². The monoisotopic (exact) mass is 654 g/mol. The minimum atomic E-state index is -0.898. The molecule has 13 heteroatoms. The number of carbonyl (C=O) groups excluding carboxylic acids is 3. The Morgan fingerprint density at radius 3 is 2.47 bits per heavy atom. The van der Waals surface area contributed by atoms with Gasteiger partial charge in [0, 0.05) is 52.1 Å². The summed E-state index contributed by atoms with van der Waals surface area (Å²) < 4.78 is 29.0. The maximum atomic E-state index is 15.3. The van der Waals surface area contributed by atoms with Crippen LogP contribution in [0.3, 0.4) is 0 Å². The first kappa shape index (κ1) is 34.5. The molecule has 2 aromatic rings. The van der Waals surface area contributed by atoms with E-state index in [4.69, 9.17) is 9.47 Å². The maximum absolute atomic E-state index is 15.3. The van der Waals surface area contributed by atoms with E-state index in [1.807, 2.05) is 39.0 Å². The summed E-state index contributed by atoms with van der Waals surface area (Å²) in [7, 11) is 0. The van der Waals surface area contributed by atoms with Crippen LogP contribution in [0.1, 0.15) is 71.4 Å². The molecule has 2 fully saturated rings. The van der Waals surface area contributed by atoms with Gasteiger partial charge in [0.05, 0.1) is 24.1 Å². The van der Waals surface area contributed by atoms with E-state index in [0.29, 0.717) is 81.6 Å². The average molecular weight is 655 g/mol.